The number of rotatable bonds is 5. The number of hydrogen-bond donors (Lipinski definition) is 1. The number of carbonyl (C=O) groups is 1. The van der Waals surface area contributed by atoms with Gasteiger partial charge in [0.1, 0.15) is 5.65 Å². The average Bonchev–Trinajstić information content (AvgIpc) is 3.17. The molecule has 2 aromatic carbocycles. The van der Waals surface area contributed by atoms with Gasteiger partial charge in [-0.15, -0.1) is 0 Å². The molecule has 5 rings (SSSR count). The number of benzene rings is 2. The van der Waals surface area contributed by atoms with E-state index in [1.807, 2.05) is 6.07 Å². The number of piperidine rings is 1. The summed E-state index contributed by atoms with van der Waals surface area (Å²) in [5, 5.41) is 9.31. The maximum atomic E-state index is 11.3. The van der Waals surface area contributed by atoms with Crippen molar-refractivity contribution in [1.29, 1.82) is 0 Å². The molecule has 0 saturated carbocycles. The number of aryl methyl sites for hydroxylation is 1. The molecule has 1 aliphatic rings. The van der Waals surface area contributed by atoms with Crippen molar-refractivity contribution in [3.63, 3.8) is 0 Å². The maximum Gasteiger partial charge on any atom is 0.306 e. The highest BCUT2D eigenvalue weighted by atomic mass is 16.4. The number of imidazole rings is 1. The van der Waals surface area contributed by atoms with Gasteiger partial charge in [-0.05, 0) is 61.7 Å². The summed E-state index contributed by atoms with van der Waals surface area (Å²) < 4.78 is 2.18. The molecule has 32 heavy (non-hydrogen) atoms. The Hall–Kier alpha value is -3.44. The van der Waals surface area contributed by atoms with Crippen LogP contribution in [0.2, 0.25) is 0 Å². The number of aliphatic carboxylic acids is 1. The highest BCUT2D eigenvalue weighted by Gasteiger charge is 2.26. The second-order valence-corrected chi connectivity index (χ2v) is 8.67. The molecule has 3 heterocycles. The number of pyridine rings is 1. The lowest BCUT2D eigenvalue weighted by Crippen LogP contribution is -2.36. The third-order valence-electron chi connectivity index (χ3n) is 6.46. The van der Waals surface area contributed by atoms with Crippen molar-refractivity contribution in [2.24, 2.45) is 5.92 Å². The van der Waals surface area contributed by atoms with Crippen molar-refractivity contribution >= 4 is 11.6 Å². The summed E-state index contributed by atoms with van der Waals surface area (Å²) in [6.07, 6.45) is 3.50. The van der Waals surface area contributed by atoms with E-state index < -0.39 is 5.97 Å². The summed E-state index contributed by atoms with van der Waals surface area (Å²) in [5.41, 5.74) is 7.76. The molecule has 0 spiro atoms. The van der Waals surface area contributed by atoms with E-state index in [0.29, 0.717) is 12.8 Å². The summed E-state index contributed by atoms with van der Waals surface area (Å²) in [4.78, 5) is 18.7. The topological polar surface area (TPSA) is 57.8 Å². The van der Waals surface area contributed by atoms with Gasteiger partial charge in [-0.1, -0.05) is 54.6 Å². The fourth-order valence-electron chi connectivity index (χ4n) is 4.58. The molecule has 162 valence electrons. The number of aromatic nitrogens is 2. The standard InChI is InChI=1S/C27H27N3O2/c1-19-11-16-30-24(18-29-14-12-23(13-15-29)27(31)32)26(28-25(30)17-19)22-9-7-21(8-10-22)20-5-3-2-4-6-20/h2-11,16-17,23H,12-15,18H2,1H3,(H,31,32). The van der Waals surface area contributed by atoms with Gasteiger partial charge >= 0.3 is 5.97 Å². The minimum absolute atomic E-state index is 0.221. The second kappa shape index (κ2) is 8.60. The van der Waals surface area contributed by atoms with Crippen LogP contribution in [0, 0.1) is 12.8 Å². The lowest BCUT2D eigenvalue weighted by atomic mass is 9.97. The summed E-state index contributed by atoms with van der Waals surface area (Å²) in [7, 11) is 0. The van der Waals surface area contributed by atoms with Gasteiger partial charge in [-0.25, -0.2) is 4.98 Å². The second-order valence-electron chi connectivity index (χ2n) is 8.67. The van der Waals surface area contributed by atoms with E-state index in [9.17, 15) is 9.90 Å². The predicted molar refractivity (Wildman–Crippen MR) is 126 cm³/mol. The Balaban J connectivity index is 1.48. The molecule has 0 bridgehead atoms. The van der Waals surface area contributed by atoms with Crippen molar-refractivity contribution in [1.82, 2.24) is 14.3 Å². The minimum atomic E-state index is -0.672. The number of carboxylic acid groups (broad SMARTS) is 1. The molecule has 1 fully saturated rings. The van der Waals surface area contributed by atoms with Crippen LogP contribution in [0.15, 0.2) is 72.9 Å². The smallest absolute Gasteiger partial charge is 0.306 e. The molecule has 1 saturated heterocycles. The van der Waals surface area contributed by atoms with Crippen LogP contribution in [0.4, 0.5) is 0 Å². The number of fused-ring (bicyclic) bond motifs is 1. The van der Waals surface area contributed by atoms with Crippen molar-refractivity contribution in [2.75, 3.05) is 13.1 Å². The van der Waals surface area contributed by atoms with Crippen LogP contribution in [0.5, 0.6) is 0 Å². The van der Waals surface area contributed by atoms with Crippen LogP contribution in [-0.2, 0) is 11.3 Å². The molecule has 0 unspecified atom stereocenters. The SMILES string of the molecule is Cc1ccn2c(CN3CCC(C(=O)O)CC3)c(-c3ccc(-c4ccccc4)cc3)nc2c1. The van der Waals surface area contributed by atoms with Gasteiger partial charge in [0, 0.05) is 18.3 Å². The zero-order valence-electron chi connectivity index (χ0n) is 18.2. The van der Waals surface area contributed by atoms with Gasteiger partial charge in [0.25, 0.3) is 0 Å². The van der Waals surface area contributed by atoms with Crippen LogP contribution in [-0.4, -0.2) is 38.4 Å². The molecule has 4 aromatic rings. The van der Waals surface area contributed by atoms with Crippen molar-refractivity contribution in [3.8, 4) is 22.4 Å². The van der Waals surface area contributed by atoms with E-state index in [2.05, 4.69) is 83.1 Å². The van der Waals surface area contributed by atoms with Crippen molar-refractivity contribution in [3.05, 3.63) is 84.2 Å². The van der Waals surface area contributed by atoms with Crippen molar-refractivity contribution < 1.29 is 9.90 Å². The number of carboxylic acids is 1. The van der Waals surface area contributed by atoms with Gasteiger partial charge < -0.3 is 9.51 Å². The first-order chi connectivity index (χ1) is 15.6. The Labute approximate surface area is 188 Å². The van der Waals surface area contributed by atoms with Gasteiger partial charge in [0.15, 0.2) is 0 Å². The lowest BCUT2D eigenvalue weighted by Gasteiger charge is -2.30. The van der Waals surface area contributed by atoms with E-state index in [1.165, 1.54) is 16.7 Å². The zero-order chi connectivity index (χ0) is 22.1. The lowest BCUT2D eigenvalue weighted by molar-refractivity contribution is -0.143. The third-order valence-corrected chi connectivity index (χ3v) is 6.46. The van der Waals surface area contributed by atoms with E-state index in [4.69, 9.17) is 4.98 Å². The summed E-state index contributed by atoms with van der Waals surface area (Å²) >= 11 is 0. The maximum absolute atomic E-state index is 11.3. The number of hydrogen-bond acceptors (Lipinski definition) is 3. The predicted octanol–water partition coefficient (Wildman–Crippen LogP) is 5.27. The van der Waals surface area contributed by atoms with Gasteiger partial charge in [0.2, 0.25) is 0 Å². The normalized spacial score (nSPS) is 15.3. The molecular formula is C27H27N3O2. The molecule has 0 amide bonds. The van der Waals surface area contributed by atoms with Gasteiger partial charge in [-0.2, -0.15) is 0 Å². The molecular weight excluding hydrogens is 398 g/mol. The zero-order valence-corrected chi connectivity index (χ0v) is 18.2. The van der Waals surface area contributed by atoms with Crippen LogP contribution >= 0.6 is 0 Å². The molecule has 0 aliphatic carbocycles. The summed E-state index contributed by atoms with van der Waals surface area (Å²) in [5.74, 6) is -0.893. The summed E-state index contributed by atoms with van der Waals surface area (Å²) in [6.45, 7) is 4.43. The van der Waals surface area contributed by atoms with Crippen LogP contribution < -0.4 is 0 Å². The molecule has 0 atom stereocenters. The Morgan fingerprint density at radius 3 is 2.31 bits per heavy atom. The largest absolute Gasteiger partial charge is 0.481 e. The first-order valence-corrected chi connectivity index (χ1v) is 11.2. The highest BCUT2D eigenvalue weighted by Crippen LogP contribution is 2.30. The Morgan fingerprint density at radius 1 is 0.969 bits per heavy atom. The quantitative estimate of drug-likeness (QED) is 0.473. The fraction of sp³-hybridized carbons (Fsp3) is 0.259. The van der Waals surface area contributed by atoms with Crippen LogP contribution in [0.3, 0.4) is 0 Å². The van der Waals surface area contributed by atoms with E-state index in [1.54, 1.807) is 0 Å². The molecule has 5 nitrogen and oxygen atoms in total. The molecule has 1 N–H and O–H groups in total. The van der Waals surface area contributed by atoms with Gasteiger partial charge in [-0.3, -0.25) is 9.69 Å². The van der Waals surface area contributed by atoms with Crippen molar-refractivity contribution in [2.45, 2.75) is 26.3 Å². The average molecular weight is 426 g/mol. The Kier molecular flexibility index (Phi) is 5.50. The monoisotopic (exact) mass is 425 g/mol. The Morgan fingerprint density at radius 2 is 1.62 bits per heavy atom. The molecule has 5 heteroatoms. The van der Waals surface area contributed by atoms with E-state index >= 15 is 0 Å². The van der Waals surface area contributed by atoms with E-state index in [-0.39, 0.29) is 5.92 Å². The first kappa shape index (κ1) is 20.5. The number of likely N-dealkylation sites (tertiary alicyclic amines) is 1. The molecule has 2 aromatic heterocycles. The first-order valence-electron chi connectivity index (χ1n) is 11.2. The summed E-state index contributed by atoms with van der Waals surface area (Å²) in [6, 6.07) is 23.2. The Bertz CT molecular complexity index is 1240. The van der Waals surface area contributed by atoms with Crippen LogP contribution in [0.1, 0.15) is 24.1 Å². The highest BCUT2D eigenvalue weighted by molar-refractivity contribution is 5.72. The molecule has 1 aliphatic heterocycles. The number of nitrogens with zero attached hydrogens (tertiary/aromatic N) is 3. The minimum Gasteiger partial charge on any atom is -0.481 e. The van der Waals surface area contributed by atoms with Gasteiger partial charge in [0.05, 0.1) is 17.3 Å². The third kappa shape index (κ3) is 4.04. The fourth-order valence-corrected chi connectivity index (χ4v) is 4.58. The van der Waals surface area contributed by atoms with E-state index in [0.717, 1.165) is 42.2 Å². The molecule has 0 radical (unpaired) electrons. The van der Waals surface area contributed by atoms with Crippen LogP contribution in [0.25, 0.3) is 28.0 Å².